The Morgan fingerprint density at radius 1 is 1.28 bits per heavy atom. The zero-order valence-electron chi connectivity index (χ0n) is 14.9. The van der Waals surface area contributed by atoms with Crippen LogP contribution in [-0.4, -0.2) is 15.9 Å². The second-order valence-corrected chi connectivity index (χ2v) is 6.06. The van der Waals surface area contributed by atoms with E-state index in [1.165, 1.54) is 10.8 Å². The molecule has 25 heavy (non-hydrogen) atoms. The minimum Gasteiger partial charge on any atom is -0.494 e. The van der Waals surface area contributed by atoms with Crippen molar-refractivity contribution in [2.45, 2.75) is 46.6 Å². The zero-order valence-corrected chi connectivity index (χ0v) is 14.9. The van der Waals surface area contributed by atoms with E-state index < -0.39 is 5.56 Å². The van der Waals surface area contributed by atoms with E-state index in [0.29, 0.717) is 17.7 Å². The van der Waals surface area contributed by atoms with E-state index in [-0.39, 0.29) is 11.4 Å². The summed E-state index contributed by atoms with van der Waals surface area (Å²) in [4.78, 5) is 16.9. The summed E-state index contributed by atoms with van der Waals surface area (Å²) in [5.41, 5.74) is 2.27. The SMILES string of the molecule is CCCCCn1c(O)c(C=Nc2ccccc2C)c(C)c(C#N)c1=O. The lowest BCUT2D eigenvalue weighted by atomic mass is 10.1. The lowest BCUT2D eigenvalue weighted by Gasteiger charge is -2.13. The molecule has 0 amide bonds. The first-order chi connectivity index (χ1) is 12.0. The van der Waals surface area contributed by atoms with Gasteiger partial charge >= 0.3 is 0 Å². The van der Waals surface area contributed by atoms with E-state index in [9.17, 15) is 15.2 Å². The molecule has 5 heteroatoms. The van der Waals surface area contributed by atoms with Gasteiger partial charge in [-0.2, -0.15) is 5.26 Å². The van der Waals surface area contributed by atoms with Gasteiger partial charge in [0.2, 0.25) is 5.88 Å². The quantitative estimate of drug-likeness (QED) is 0.639. The van der Waals surface area contributed by atoms with Gasteiger partial charge in [-0.05, 0) is 37.5 Å². The molecule has 2 rings (SSSR count). The van der Waals surface area contributed by atoms with Crippen LogP contribution in [0.25, 0.3) is 0 Å². The Bertz CT molecular complexity index is 889. The molecule has 0 bridgehead atoms. The largest absolute Gasteiger partial charge is 0.494 e. The van der Waals surface area contributed by atoms with Crippen LogP contribution in [0.3, 0.4) is 0 Å². The predicted octanol–water partition coefficient (Wildman–Crippen LogP) is 3.98. The predicted molar refractivity (Wildman–Crippen MR) is 99.8 cm³/mol. The topological polar surface area (TPSA) is 78.4 Å². The molecule has 1 heterocycles. The molecule has 0 saturated carbocycles. The molecule has 1 aromatic carbocycles. The number of pyridine rings is 1. The molecule has 0 unspecified atom stereocenters. The molecule has 1 aromatic heterocycles. The van der Waals surface area contributed by atoms with Gasteiger partial charge in [-0.25, -0.2) is 0 Å². The Balaban J connectivity index is 2.53. The summed E-state index contributed by atoms with van der Waals surface area (Å²) >= 11 is 0. The van der Waals surface area contributed by atoms with Crippen molar-refractivity contribution < 1.29 is 5.11 Å². The van der Waals surface area contributed by atoms with Crippen LogP contribution < -0.4 is 5.56 Å². The fraction of sp³-hybridized carbons (Fsp3) is 0.350. The van der Waals surface area contributed by atoms with Crippen LogP contribution in [0.2, 0.25) is 0 Å². The van der Waals surface area contributed by atoms with Crippen LogP contribution in [0.5, 0.6) is 5.88 Å². The molecule has 0 atom stereocenters. The molecular weight excluding hydrogens is 314 g/mol. The molecular formula is C20H23N3O2. The average molecular weight is 337 g/mol. The lowest BCUT2D eigenvalue weighted by molar-refractivity contribution is 0.398. The number of aromatic hydroxyl groups is 1. The number of nitrogens with zero attached hydrogens (tertiary/aromatic N) is 3. The Morgan fingerprint density at radius 2 is 2.00 bits per heavy atom. The number of hydrogen-bond donors (Lipinski definition) is 1. The second-order valence-electron chi connectivity index (χ2n) is 6.06. The Kier molecular flexibility index (Phi) is 6.13. The summed E-state index contributed by atoms with van der Waals surface area (Å²) in [5, 5.41) is 19.9. The number of hydrogen-bond acceptors (Lipinski definition) is 4. The number of aliphatic imine (C=N–C) groups is 1. The molecule has 5 nitrogen and oxygen atoms in total. The van der Waals surface area contributed by atoms with Crippen molar-refractivity contribution in [3.8, 4) is 11.9 Å². The highest BCUT2D eigenvalue weighted by Gasteiger charge is 2.17. The molecule has 0 fully saturated rings. The van der Waals surface area contributed by atoms with Crippen molar-refractivity contribution in [1.82, 2.24) is 4.57 Å². The monoisotopic (exact) mass is 337 g/mol. The van der Waals surface area contributed by atoms with Crippen LogP contribution >= 0.6 is 0 Å². The fourth-order valence-corrected chi connectivity index (χ4v) is 2.70. The first-order valence-corrected chi connectivity index (χ1v) is 8.47. The van der Waals surface area contributed by atoms with Crippen molar-refractivity contribution >= 4 is 11.9 Å². The number of nitriles is 1. The van der Waals surface area contributed by atoms with Gasteiger partial charge in [0.1, 0.15) is 11.6 Å². The number of aryl methyl sites for hydroxylation is 1. The minimum atomic E-state index is -0.443. The fourth-order valence-electron chi connectivity index (χ4n) is 2.70. The number of rotatable bonds is 6. The molecule has 0 spiro atoms. The van der Waals surface area contributed by atoms with Crippen LogP contribution in [0, 0.1) is 25.2 Å². The van der Waals surface area contributed by atoms with Gasteiger partial charge in [-0.15, -0.1) is 0 Å². The van der Waals surface area contributed by atoms with Crippen molar-refractivity contribution in [3.63, 3.8) is 0 Å². The van der Waals surface area contributed by atoms with Gasteiger partial charge in [0.25, 0.3) is 5.56 Å². The number of unbranched alkanes of at least 4 members (excludes halogenated alkanes) is 2. The molecule has 0 aliphatic heterocycles. The average Bonchev–Trinajstić information content (AvgIpc) is 2.59. The molecule has 130 valence electrons. The standard InChI is InChI=1S/C20H23N3O2/c1-4-5-8-11-23-19(24)16(12-21)15(3)17(20(23)25)13-22-18-10-7-6-9-14(18)2/h6-7,9-10,13,25H,4-5,8,11H2,1-3H3. The highest BCUT2D eigenvalue weighted by atomic mass is 16.3. The number of aromatic nitrogens is 1. The van der Waals surface area contributed by atoms with Crippen molar-refractivity contribution in [3.05, 3.63) is 56.9 Å². The summed E-state index contributed by atoms with van der Waals surface area (Å²) < 4.78 is 1.28. The third-order valence-corrected chi connectivity index (χ3v) is 4.28. The first kappa shape index (κ1) is 18.5. The van der Waals surface area contributed by atoms with Gasteiger partial charge < -0.3 is 5.11 Å². The molecule has 0 aliphatic rings. The van der Waals surface area contributed by atoms with Gasteiger partial charge in [-0.1, -0.05) is 38.0 Å². The van der Waals surface area contributed by atoms with E-state index in [0.717, 1.165) is 30.5 Å². The van der Waals surface area contributed by atoms with E-state index in [1.807, 2.05) is 37.3 Å². The molecule has 0 aliphatic carbocycles. The Hall–Kier alpha value is -2.87. The molecule has 0 saturated heterocycles. The third-order valence-electron chi connectivity index (χ3n) is 4.28. The number of benzene rings is 1. The lowest BCUT2D eigenvalue weighted by Crippen LogP contribution is -2.25. The van der Waals surface area contributed by atoms with E-state index in [2.05, 4.69) is 11.9 Å². The van der Waals surface area contributed by atoms with Crippen molar-refractivity contribution in [2.75, 3.05) is 0 Å². The summed E-state index contributed by atoms with van der Waals surface area (Å²) in [7, 11) is 0. The number of para-hydroxylation sites is 1. The highest BCUT2D eigenvalue weighted by molar-refractivity contribution is 5.87. The highest BCUT2D eigenvalue weighted by Crippen LogP contribution is 2.23. The molecule has 1 N–H and O–H groups in total. The zero-order chi connectivity index (χ0) is 18.4. The van der Waals surface area contributed by atoms with E-state index in [1.54, 1.807) is 6.92 Å². The minimum absolute atomic E-state index is 0.0560. The smallest absolute Gasteiger partial charge is 0.271 e. The maximum Gasteiger partial charge on any atom is 0.271 e. The maximum atomic E-state index is 12.5. The second kappa shape index (κ2) is 8.29. The summed E-state index contributed by atoms with van der Waals surface area (Å²) in [5.74, 6) is -0.130. The Morgan fingerprint density at radius 3 is 2.64 bits per heavy atom. The van der Waals surface area contributed by atoms with Crippen LogP contribution in [0.4, 0.5) is 5.69 Å². The maximum absolute atomic E-state index is 12.5. The van der Waals surface area contributed by atoms with Crippen molar-refractivity contribution in [2.24, 2.45) is 4.99 Å². The molecule has 0 radical (unpaired) electrons. The third kappa shape index (κ3) is 3.97. The van der Waals surface area contributed by atoms with E-state index >= 15 is 0 Å². The van der Waals surface area contributed by atoms with Crippen LogP contribution in [-0.2, 0) is 6.54 Å². The normalized spacial score (nSPS) is 11.0. The van der Waals surface area contributed by atoms with Gasteiger partial charge in [0.05, 0.1) is 11.3 Å². The summed E-state index contributed by atoms with van der Waals surface area (Å²) in [6.07, 6.45) is 4.26. The van der Waals surface area contributed by atoms with Gasteiger partial charge in [0, 0.05) is 12.8 Å². The Labute approximate surface area is 147 Å². The van der Waals surface area contributed by atoms with E-state index in [4.69, 9.17) is 0 Å². The first-order valence-electron chi connectivity index (χ1n) is 8.47. The van der Waals surface area contributed by atoms with Crippen LogP contribution in [0.15, 0.2) is 34.1 Å². The van der Waals surface area contributed by atoms with Crippen LogP contribution in [0.1, 0.15) is 48.4 Å². The van der Waals surface area contributed by atoms with Gasteiger partial charge in [0.15, 0.2) is 0 Å². The molecule has 2 aromatic rings. The van der Waals surface area contributed by atoms with Gasteiger partial charge in [-0.3, -0.25) is 14.4 Å². The van der Waals surface area contributed by atoms with Crippen molar-refractivity contribution in [1.29, 1.82) is 5.26 Å². The summed E-state index contributed by atoms with van der Waals surface area (Å²) in [6.45, 7) is 6.07. The summed E-state index contributed by atoms with van der Waals surface area (Å²) in [6, 6.07) is 9.61.